The van der Waals surface area contributed by atoms with Gasteiger partial charge in [-0.25, -0.2) is 0 Å². The van der Waals surface area contributed by atoms with Crippen LogP contribution in [0.15, 0.2) is 11.6 Å². The van der Waals surface area contributed by atoms with Crippen molar-refractivity contribution < 1.29 is 0 Å². The average Bonchev–Trinajstić information content (AvgIpc) is 1.30. The van der Waals surface area contributed by atoms with Crippen molar-refractivity contribution in [2.75, 3.05) is 0 Å². The first-order valence-electron chi connectivity index (χ1n) is 2.34. The summed E-state index contributed by atoms with van der Waals surface area (Å²) in [6, 6.07) is 0. The maximum Gasteiger partial charge on any atom is 0.000774 e. The molecular formula is C6H11Cl. The standard InChI is InChI=1S/C6H11Cl/c1-6(2,3)4-5-7/h4-5H,1-3H3/b5-4+. The van der Waals surface area contributed by atoms with Crippen LogP contribution in [0.25, 0.3) is 0 Å². The number of rotatable bonds is 0. The second-order valence-electron chi connectivity index (χ2n) is 2.66. The Morgan fingerprint density at radius 2 is 1.71 bits per heavy atom. The SMILES string of the molecule is CC(C)(C)/C=C/Cl. The highest BCUT2D eigenvalue weighted by molar-refractivity contribution is 6.25. The van der Waals surface area contributed by atoms with E-state index >= 15 is 0 Å². The van der Waals surface area contributed by atoms with E-state index in [1.165, 1.54) is 0 Å². The van der Waals surface area contributed by atoms with Gasteiger partial charge in [-0.15, -0.1) is 0 Å². The molecule has 0 aliphatic rings. The van der Waals surface area contributed by atoms with Crippen LogP contribution in [-0.4, -0.2) is 0 Å². The van der Waals surface area contributed by atoms with Crippen molar-refractivity contribution in [3.8, 4) is 0 Å². The monoisotopic (exact) mass is 118 g/mol. The summed E-state index contributed by atoms with van der Waals surface area (Å²) in [4.78, 5) is 0. The van der Waals surface area contributed by atoms with Crippen molar-refractivity contribution in [1.82, 2.24) is 0 Å². The van der Waals surface area contributed by atoms with E-state index in [1.54, 1.807) is 5.54 Å². The molecule has 0 fully saturated rings. The quantitative estimate of drug-likeness (QED) is 0.459. The average molecular weight is 119 g/mol. The Hall–Kier alpha value is 0.0300. The van der Waals surface area contributed by atoms with Crippen LogP contribution in [-0.2, 0) is 0 Å². The minimum Gasteiger partial charge on any atom is -0.0933 e. The molecule has 0 bridgehead atoms. The zero-order valence-electron chi connectivity index (χ0n) is 5.03. The molecule has 7 heavy (non-hydrogen) atoms. The normalized spacial score (nSPS) is 13.1. The molecule has 0 nitrogen and oxygen atoms in total. The number of hydrogen-bond acceptors (Lipinski definition) is 0. The second kappa shape index (κ2) is 2.37. The molecule has 0 saturated heterocycles. The summed E-state index contributed by atoms with van der Waals surface area (Å²) in [5.41, 5.74) is 1.79. The largest absolute Gasteiger partial charge is 0.0933 e. The molecule has 0 heterocycles. The third-order valence-electron chi connectivity index (χ3n) is 0.563. The van der Waals surface area contributed by atoms with Crippen LogP contribution in [0.5, 0.6) is 0 Å². The van der Waals surface area contributed by atoms with Crippen molar-refractivity contribution >= 4 is 11.6 Å². The third-order valence-corrected chi connectivity index (χ3v) is 0.689. The molecule has 0 aromatic heterocycles. The molecule has 0 aliphatic carbocycles. The molecule has 0 saturated carbocycles. The van der Waals surface area contributed by atoms with Crippen molar-refractivity contribution in [1.29, 1.82) is 0 Å². The van der Waals surface area contributed by atoms with Crippen LogP contribution in [0.1, 0.15) is 20.8 Å². The first-order valence-corrected chi connectivity index (χ1v) is 2.78. The van der Waals surface area contributed by atoms with Crippen LogP contribution in [0, 0.1) is 5.41 Å². The summed E-state index contributed by atoms with van der Waals surface area (Å²) in [5.74, 6) is 0. The molecular weight excluding hydrogens is 108 g/mol. The Morgan fingerprint density at radius 3 is 1.71 bits per heavy atom. The van der Waals surface area contributed by atoms with Crippen LogP contribution < -0.4 is 0 Å². The van der Waals surface area contributed by atoms with Gasteiger partial charge >= 0.3 is 0 Å². The van der Waals surface area contributed by atoms with Gasteiger partial charge in [0.2, 0.25) is 0 Å². The fraction of sp³-hybridized carbons (Fsp3) is 0.667. The van der Waals surface area contributed by atoms with Crippen molar-refractivity contribution in [3.05, 3.63) is 11.6 Å². The van der Waals surface area contributed by atoms with Gasteiger partial charge in [0.25, 0.3) is 0 Å². The smallest absolute Gasteiger partial charge is 0.000774 e. The lowest BCUT2D eigenvalue weighted by Crippen LogP contribution is -1.97. The van der Waals surface area contributed by atoms with E-state index in [0.29, 0.717) is 0 Å². The Kier molecular flexibility index (Phi) is 2.38. The van der Waals surface area contributed by atoms with Gasteiger partial charge in [-0.3, -0.25) is 0 Å². The zero-order valence-corrected chi connectivity index (χ0v) is 5.79. The lowest BCUT2D eigenvalue weighted by Gasteiger charge is -2.08. The zero-order chi connectivity index (χ0) is 5.91. The van der Waals surface area contributed by atoms with Crippen molar-refractivity contribution in [2.24, 2.45) is 5.41 Å². The highest BCUT2D eigenvalue weighted by Crippen LogP contribution is 2.14. The van der Waals surface area contributed by atoms with Crippen molar-refractivity contribution in [2.45, 2.75) is 20.8 Å². The Bertz CT molecular complexity index is 66.7. The molecule has 0 atom stereocenters. The summed E-state index contributed by atoms with van der Waals surface area (Å²) in [6.07, 6.45) is 1.95. The lowest BCUT2D eigenvalue weighted by atomic mass is 9.98. The lowest BCUT2D eigenvalue weighted by molar-refractivity contribution is 0.545. The predicted octanol–water partition coefficient (Wildman–Crippen LogP) is 2.79. The summed E-state index contributed by atoms with van der Waals surface area (Å²) >= 11 is 5.31. The molecule has 42 valence electrons. The Morgan fingerprint density at radius 1 is 1.29 bits per heavy atom. The van der Waals surface area contributed by atoms with Gasteiger partial charge in [0.05, 0.1) is 0 Å². The van der Waals surface area contributed by atoms with Gasteiger partial charge in [-0.2, -0.15) is 0 Å². The van der Waals surface area contributed by atoms with E-state index in [-0.39, 0.29) is 5.41 Å². The highest BCUT2D eigenvalue weighted by atomic mass is 35.5. The van der Waals surface area contributed by atoms with E-state index in [4.69, 9.17) is 11.6 Å². The third kappa shape index (κ3) is 6.03. The van der Waals surface area contributed by atoms with E-state index in [2.05, 4.69) is 20.8 Å². The summed E-state index contributed by atoms with van der Waals surface area (Å²) in [5, 5.41) is 0. The molecule has 0 rings (SSSR count). The Labute approximate surface area is 50.2 Å². The molecule has 0 radical (unpaired) electrons. The van der Waals surface area contributed by atoms with Crippen LogP contribution >= 0.6 is 11.6 Å². The summed E-state index contributed by atoms with van der Waals surface area (Å²) in [6.45, 7) is 6.31. The van der Waals surface area contributed by atoms with Crippen LogP contribution in [0.2, 0.25) is 0 Å². The molecule has 0 amide bonds. The van der Waals surface area contributed by atoms with Crippen molar-refractivity contribution in [3.63, 3.8) is 0 Å². The maximum absolute atomic E-state index is 5.31. The van der Waals surface area contributed by atoms with Gasteiger partial charge in [-0.05, 0) is 5.41 Å². The van der Waals surface area contributed by atoms with Crippen LogP contribution in [0.4, 0.5) is 0 Å². The maximum atomic E-state index is 5.31. The number of allylic oxidation sites excluding steroid dienone is 1. The van der Waals surface area contributed by atoms with Gasteiger partial charge in [0.1, 0.15) is 0 Å². The first-order chi connectivity index (χ1) is 3.06. The van der Waals surface area contributed by atoms with E-state index in [0.717, 1.165) is 0 Å². The fourth-order valence-corrected chi connectivity index (χ4v) is 0.567. The van der Waals surface area contributed by atoms with E-state index in [1.807, 2.05) is 6.08 Å². The first kappa shape index (κ1) is 7.03. The van der Waals surface area contributed by atoms with E-state index in [9.17, 15) is 0 Å². The number of halogens is 1. The molecule has 0 spiro atoms. The van der Waals surface area contributed by atoms with Gasteiger partial charge < -0.3 is 0 Å². The summed E-state index contributed by atoms with van der Waals surface area (Å²) < 4.78 is 0. The van der Waals surface area contributed by atoms with E-state index < -0.39 is 0 Å². The predicted molar refractivity (Wildman–Crippen MR) is 34.4 cm³/mol. The topological polar surface area (TPSA) is 0 Å². The minimum absolute atomic E-state index is 0.238. The molecule has 0 aromatic carbocycles. The summed E-state index contributed by atoms with van der Waals surface area (Å²) in [7, 11) is 0. The van der Waals surface area contributed by atoms with Crippen LogP contribution in [0.3, 0.4) is 0 Å². The van der Waals surface area contributed by atoms with Gasteiger partial charge in [-0.1, -0.05) is 38.4 Å². The molecule has 0 unspecified atom stereocenters. The minimum atomic E-state index is 0.238. The fourth-order valence-electron chi connectivity index (χ4n) is 0.189. The molecule has 0 N–H and O–H groups in total. The van der Waals surface area contributed by atoms with Gasteiger partial charge in [0.15, 0.2) is 0 Å². The second-order valence-corrected chi connectivity index (χ2v) is 2.91. The van der Waals surface area contributed by atoms with Gasteiger partial charge in [0, 0.05) is 5.54 Å². The highest BCUT2D eigenvalue weighted by Gasteiger charge is 2.01. The number of hydrogen-bond donors (Lipinski definition) is 0. The Balaban J connectivity index is 3.56. The molecule has 1 heteroatoms. The molecule has 0 aromatic rings. The molecule has 0 aliphatic heterocycles.